The van der Waals surface area contributed by atoms with Crippen molar-refractivity contribution in [2.45, 2.75) is 38.5 Å². The molecule has 1 aliphatic rings. The number of amides is 2. The fourth-order valence-electron chi connectivity index (χ4n) is 5.40. The molecule has 43 heavy (non-hydrogen) atoms. The van der Waals surface area contributed by atoms with Crippen LogP contribution in [0.15, 0.2) is 54.7 Å². The van der Waals surface area contributed by atoms with Gasteiger partial charge in [-0.3, -0.25) is 19.3 Å². The Morgan fingerprint density at radius 3 is 2.51 bits per heavy atom. The van der Waals surface area contributed by atoms with Crippen molar-refractivity contribution < 1.29 is 31.9 Å². The molecule has 4 aromatic rings. The molecule has 0 saturated carbocycles. The van der Waals surface area contributed by atoms with Gasteiger partial charge in [0.15, 0.2) is 5.75 Å². The van der Waals surface area contributed by atoms with Crippen molar-refractivity contribution in [1.29, 1.82) is 0 Å². The summed E-state index contributed by atoms with van der Waals surface area (Å²) >= 11 is 6.17. The van der Waals surface area contributed by atoms with Crippen LogP contribution in [0, 0.1) is 12.7 Å². The smallest absolute Gasteiger partial charge is 0.262 e. The number of benzene rings is 3. The number of halogens is 2. The fourth-order valence-corrected chi connectivity index (χ4v) is 6.98. The maximum atomic E-state index is 13.8. The first-order chi connectivity index (χ1) is 20.3. The van der Waals surface area contributed by atoms with E-state index >= 15 is 0 Å². The number of anilines is 1. The minimum atomic E-state index is -4.15. The zero-order chi connectivity index (χ0) is 31.3. The second-order valence-corrected chi connectivity index (χ2v) is 12.9. The summed E-state index contributed by atoms with van der Waals surface area (Å²) in [5.41, 5.74) is 1.96. The van der Waals surface area contributed by atoms with Crippen LogP contribution in [-0.2, 0) is 32.5 Å². The predicted molar refractivity (Wildman–Crippen MR) is 162 cm³/mol. The average molecular weight is 626 g/mol. The maximum absolute atomic E-state index is 13.8. The molecule has 9 nitrogen and oxygen atoms in total. The Balaban J connectivity index is 1.39. The molecule has 224 valence electrons. The van der Waals surface area contributed by atoms with E-state index in [1.165, 1.54) is 34.1 Å². The van der Waals surface area contributed by atoms with Crippen molar-refractivity contribution in [3.63, 3.8) is 0 Å². The number of pyridine rings is 1. The molecular weight excluding hydrogens is 597 g/mol. The summed E-state index contributed by atoms with van der Waals surface area (Å²) in [6, 6.07) is 12.0. The van der Waals surface area contributed by atoms with E-state index < -0.39 is 32.9 Å². The molecule has 0 radical (unpaired) electrons. The molecule has 0 bridgehead atoms. The van der Waals surface area contributed by atoms with Crippen LogP contribution < -0.4 is 19.1 Å². The Labute approximate surface area is 253 Å². The number of methoxy groups -OCH3 is 2. The highest BCUT2D eigenvalue weighted by atomic mass is 35.5. The Morgan fingerprint density at radius 1 is 1.12 bits per heavy atom. The third-order valence-electron chi connectivity index (χ3n) is 7.58. The minimum Gasteiger partial charge on any atom is -0.495 e. The zero-order valence-corrected chi connectivity index (χ0v) is 25.7. The van der Waals surface area contributed by atoms with Gasteiger partial charge in [-0.25, -0.2) is 12.8 Å². The molecule has 2 amide bonds. The molecule has 1 aromatic heterocycles. The number of rotatable bonds is 8. The number of hydrogen-bond acceptors (Lipinski definition) is 7. The van der Waals surface area contributed by atoms with Crippen molar-refractivity contribution in [1.82, 2.24) is 9.71 Å². The SMILES string of the molecule is COc1c2c(c(OC)c3ncccc13)CN(c1ccc(CS(=O)(=O)NC(=O)C(C)(C)c3cc(F)ccc3Cl)cc1C)C2=O. The Morgan fingerprint density at radius 2 is 1.84 bits per heavy atom. The Kier molecular flexibility index (Phi) is 7.82. The van der Waals surface area contributed by atoms with Crippen LogP contribution in [0.2, 0.25) is 5.02 Å². The molecule has 12 heteroatoms. The Bertz CT molecular complexity index is 1910. The van der Waals surface area contributed by atoms with Crippen molar-refractivity contribution in [2.75, 3.05) is 19.1 Å². The molecule has 5 rings (SSSR count). The van der Waals surface area contributed by atoms with E-state index in [4.69, 9.17) is 21.1 Å². The van der Waals surface area contributed by atoms with Crippen LogP contribution in [0.5, 0.6) is 11.5 Å². The summed E-state index contributed by atoms with van der Waals surface area (Å²) in [6.07, 6.45) is 1.64. The van der Waals surface area contributed by atoms with E-state index in [2.05, 4.69) is 9.71 Å². The van der Waals surface area contributed by atoms with Crippen LogP contribution in [0.1, 0.15) is 46.5 Å². The molecule has 0 fully saturated rings. The number of nitrogens with zero attached hydrogens (tertiary/aromatic N) is 2. The largest absolute Gasteiger partial charge is 0.495 e. The third-order valence-corrected chi connectivity index (χ3v) is 9.12. The lowest BCUT2D eigenvalue weighted by Gasteiger charge is -2.25. The van der Waals surface area contributed by atoms with Gasteiger partial charge in [0.2, 0.25) is 15.9 Å². The van der Waals surface area contributed by atoms with Gasteiger partial charge in [-0.15, -0.1) is 0 Å². The summed E-state index contributed by atoms with van der Waals surface area (Å²) in [4.78, 5) is 32.8. The highest BCUT2D eigenvalue weighted by molar-refractivity contribution is 7.89. The molecule has 3 aromatic carbocycles. The van der Waals surface area contributed by atoms with Crippen molar-refractivity contribution >= 4 is 50.0 Å². The fraction of sp³-hybridized carbons (Fsp3) is 0.258. The van der Waals surface area contributed by atoms with Gasteiger partial charge < -0.3 is 14.4 Å². The molecule has 0 atom stereocenters. The first kappa shape index (κ1) is 30.2. The van der Waals surface area contributed by atoms with E-state index in [9.17, 15) is 22.4 Å². The van der Waals surface area contributed by atoms with Gasteiger partial charge in [-0.2, -0.15) is 0 Å². The molecule has 2 heterocycles. The summed E-state index contributed by atoms with van der Waals surface area (Å²) in [7, 11) is -1.13. The van der Waals surface area contributed by atoms with Gasteiger partial charge in [0.1, 0.15) is 17.1 Å². The molecule has 1 N–H and O–H groups in total. The van der Waals surface area contributed by atoms with Crippen molar-refractivity contribution in [2.24, 2.45) is 0 Å². The number of aromatic nitrogens is 1. The predicted octanol–water partition coefficient (Wildman–Crippen LogP) is 5.44. The van der Waals surface area contributed by atoms with E-state index in [0.717, 1.165) is 12.1 Å². The minimum absolute atomic E-state index is 0.142. The number of carbonyl (C=O) groups excluding carboxylic acids is 2. The summed E-state index contributed by atoms with van der Waals surface area (Å²) in [5.74, 6) is -1.34. The first-order valence-corrected chi connectivity index (χ1v) is 15.3. The zero-order valence-electron chi connectivity index (χ0n) is 24.1. The van der Waals surface area contributed by atoms with Gasteiger partial charge in [0, 0.05) is 27.9 Å². The number of aryl methyl sites for hydroxylation is 1. The molecule has 0 saturated heterocycles. The topological polar surface area (TPSA) is 115 Å². The Hall–Kier alpha value is -4.22. The maximum Gasteiger partial charge on any atom is 0.262 e. The van der Waals surface area contributed by atoms with Gasteiger partial charge in [0.25, 0.3) is 5.91 Å². The standard InChI is InChI=1S/C31H29ClFN3O6S/c1-17-13-18(16-43(39,40)35-30(38)31(2,3)22-14-19(33)9-10-23(22)32)8-11-24(17)36-15-21-25(29(36)37)27(41-4)20-7-6-12-34-26(20)28(21)42-5/h6-14H,15-16H2,1-5H3,(H,35,38). The van der Waals surface area contributed by atoms with Gasteiger partial charge in [-0.05, 0) is 73.9 Å². The van der Waals surface area contributed by atoms with Crippen LogP contribution >= 0.6 is 11.6 Å². The number of sulfonamides is 1. The summed E-state index contributed by atoms with van der Waals surface area (Å²) in [5, 5.41) is 0.793. The van der Waals surface area contributed by atoms with Gasteiger partial charge in [-0.1, -0.05) is 23.7 Å². The second kappa shape index (κ2) is 11.1. The number of fused-ring (bicyclic) bond motifs is 2. The number of ether oxygens (including phenoxy) is 2. The van der Waals surface area contributed by atoms with Gasteiger partial charge in [0.05, 0.1) is 37.5 Å². The summed E-state index contributed by atoms with van der Waals surface area (Å²) in [6.45, 7) is 4.89. The van der Waals surface area contributed by atoms with E-state index in [1.807, 2.05) is 6.07 Å². The average Bonchev–Trinajstić information content (AvgIpc) is 3.28. The first-order valence-electron chi connectivity index (χ1n) is 13.2. The second-order valence-electron chi connectivity index (χ2n) is 10.8. The van der Waals surface area contributed by atoms with Gasteiger partial charge >= 0.3 is 0 Å². The highest BCUT2D eigenvalue weighted by Crippen LogP contribution is 2.45. The van der Waals surface area contributed by atoms with Crippen molar-refractivity contribution in [3.05, 3.63) is 93.4 Å². The molecule has 0 spiro atoms. The molecular formula is C31H29ClFN3O6S. The number of nitrogens with one attached hydrogen (secondary N) is 1. The normalized spacial score (nSPS) is 13.3. The highest BCUT2D eigenvalue weighted by Gasteiger charge is 2.38. The van der Waals surface area contributed by atoms with E-state index in [1.54, 1.807) is 42.3 Å². The quantitative estimate of drug-likeness (QED) is 0.277. The molecule has 0 aliphatic carbocycles. The number of carbonyl (C=O) groups is 2. The van der Waals surface area contributed by atoms with Crippen LogP contribution in [-0.4, -0.2) is 39.4 Å². The lowest BCUT2D eigenvalue weighted by atomic mass is 9.84. The molecule has 1 aliphatic heterocycles. The third kappa shape index (κ3) is 5.38. The van der Waals surface area contributed by atoms with Crippen LogP contribution in [0.25, 0.3) is 10.9 Å². The molecule has 0 unspecified atom stereocenters. The van der Waals surface area contributed by atoms with Crippen molar-refractivity contribution in [3.8, 4) is 11.5 Å². The summed E-state index contributed by atoms with van der Waals surface area (Å²) < 4.78 is 53.3. The monoisotopic (exact) mass is 625 g/mol. The lowest BCUT2D eigenvalue weighted by Crippen LogP contribution is -2.43. The lowest BCUT2D eigenvalue weighted by molar-refractivity contribution is -0.123. The van der Waals surface area contributed by atoms with E-state index in [0.29, 0.717) is 50.3 Å². The van der Waals surface area contributed by atoms with Crippen LogP contribution in [0.3, 0.4) is 0 Å². The van der Waals surface area contributed by atoms with Crippen LogP contribution in [0.4, 0.5) is 10.1 Å². The number of hydrogen-bond donors (Lipinski definition) is 1. The van der Waals surface area contributed by atoms with E-state index in [-0.39, 0.29) is 23.0 Å².